The summed E-state index contributed by atoms with van der Waals surface area (Å²) < 4.78 is 9.10. The average Bonchev–Trinajstić information content (AvgIpc) is 3.30. The third kappa shape index (κ3) is 7.15. The molecular formula is C25H20ClI2N5O3S. The number of rotatable bonds is 9. The number of phenolic OH excluding ortho intramolecular Hbond substituents is 1. The molecule has 0 saturated heterocycles. The lowest BCUT2D eigenvalue weighted by atomic mass is 10.2. The quantitative estimate of drug-likeness (QED) is 0.0921. The monoisotopic (exact) mass is 759 g/mol. The molecular weight excluding hydrogens is 740 g/mol. The number of hydrazone groups is 1. The summed E-state index contributed by atoms with van der Waals surface area (Å²) in [5.41, 5.74) is 4.67. The van der Waals surface area contributed by atoms with Crippen molar-refractivity contribution in [2.75, 3.05) is 12.4 Å². The van der Waals surface area contributed by atoms with Crippen LogP contribution in [0, 0.1) is 7.14 Å². The second-order valence-electron chi connectivity index (χ2n) is 7.48. The molecule has 0 spiro atoms. The summed E-state index contributed by atoms with van der Waals surface area (Å²) in [5.74, 6) is 1.23. The van der Waals surface area contributed by atoms with Gasteiger partial charge < -0.3 is 9.84 Å². The van der Waals surface area contributed by atoms with Crippen molar-refractivity contribution in [1.82, 2.24) is 20.2 Å². The van der Waals surface area contributed by atoms with Crippen molar-refractivity contribution < 1.29 is 14.6 Å². The van der Waals surface area contributed by atoms with Gasteiger partial charge in [0.2, 0.25) is 0 Å². The van der Waals surface area contributed by atoms with Gasteiger partial charge in [-0.25, -0.2) is 5.43 Å². The average molecular weight is 760 g/mol. The molecule has 190 valence electrons. The molecule has 1 aromatic heterocycles. The Morgan fingerprint density at radius 3 is 2.59 bits per heavy atom. The van der Waals surface area contributed by atoms with E-state index in [-0.39, 0.29) is 17.4 Å². The Bertz CT molecular complexity index is 1430. The predicted octanol–water partition coefficient (Wildman–Crippen LogP) is 6.14. The lowest BCUT2D eigenvalue weighted by Gasteiger charge is -2.11. The van der Waals surface area contributed by atoms with Gasteiger partial charge in [-0.3, -0.25) is 9.36 Å². The topological polar surface area (TPSA) is 102 Å². The van der Waals surface area contributed by atoms with E-state index in [2.05, 4.69) is 43.3 Å². The molecule has 0 aliphatic heterocycles. The summed E-state index contributed by atoms with van der Waals surface area (Å²) in [6, 6.07) is 18.5. The summed E-state index contributed by atoms with van der Waals surface area (Å²) in [7, 11) is 0. The Labute approximate surface area is 250 Å². The van der Waals surface area contributed by atoms with Gasteiger partial charge in [-0.1, -0.05) is 23.4 Å². The zero-order valence-electron chi connectivity index (χ0n) is 19.4. The maximum Gasteiger partial charge on any atom is 0.250 e. The summed E-state index contributed by atoms with van der Waals surface area (Å²) in [6.45, 7) is 2.50. The SMILES string of the molecule is CCOc1ccc(-n2c(SCC(=O)N/N=C\c3cc(I)cc(I)c3O)nnc2-c2ccc(Cl)cc2)cc1. The van der Waals surface area contributed by atoms with Gasteiger partial charge in [0.1, 0.15) is 11.5 Å². The minimum absolute atomic E-state index is 0.0585. The number of hydrogen-bond donors (Lipinski definition) is 2. The van der Waals surface area contributed by atoms with Gasteiger partial charge >= 0.3 is 0 Å². The standard InChI is InChI=1S/C25H20ClI2N5O3S/c1-2-36-20-9-7-19(8-10-20)33-24(15-3-5-17(26)6-4-15)31-32-25(33)37-14-22(34)30-29-13-16-11-18(27)12-21(28)23(16)35/h3-13,35H,2,14H2,1H3,(H,30,34)/b29-13-. The van der Waals surface area contributed by atoms with E-state index in [1.54, 1.807) is 18.2 Å². The highest BCUT2D eigenvalue weighted by Crippen LogP contribution is 2.30. The van der Waals surface area contributed by atoms with Crippen molar-refractivity contribution in [3.63, 3.8) is 0 Å². The normalized spacial score (nSPS) is 11.1. The van der Waals surface area contributed by atoms with Gasteiger partial charge in [-0.05, 0) is 113 Å². The fraction of sp³-hybridized carbons (Fsp3) is 0.120. The number of hydrogen-bond acceptors (Lipinski definition) is 7. The van der Waals surface area contributed by atoms with Gasteiger partial charge in [-0.15, -0.1) is 10.2 Å². The number of carbonyl (C=O) groups excluding carboxylic acids is 1. The Morgan fingerprint density at radius 1 is 1.16 bits per heavy atom. The van der Waals surface area contributed by atoms with E-state index in [0.29, 0.717) is 31.7 Å². The number of nitrogens with zero attached hydrogens (tertiary/aromatic N) is 4. The Balaban J connectivity index is 1.52. The first kappa shape index (κ1) is 27.7. The number of benzene rings is 3. The van der Waals surface area contributed by atoms with Crippen LogP contribution < -0.4 is 10.2 Å². The summed E-state index contributed by atoms with van der Waals surface area (Å²) in [6.07, 6.45) is 1.42. The number of nitrogens with one attached hydrogen (secondary N) is 1. The number of carbonyl (C=O) groups is 1. The van der Waals surface area contributed by atoms with E-state index in [0.717, 1.165) is 20.6 Å². The predicted molar refractivity (Wildman–Crippen MR) is 163 cm³/mol. The van der Waals surface area contributed by atoms with E-state index in [4.69, 9.17) is 16.3 Å². The third-order valence-electron chi connectivity index (χ3n) is 4.92. The van der Waals surface area contributed by atoms with Crippen LogP contribution in [0.5, 0.6) is 11.5 Å². The number of aromatic hydroxyl groups is 1. The van der Waals surface area contributed by atoms with Crippen LogP contribution in [0.25, 0.3) is 17.1 Å². The lowest BCUT2D eigenvalue weighted by molar-refractivity contribution is -0.118. The summed E-state index contributed by atoms with van der Waals surface area (Å²) >= 11 is 11.5. The molecule has 2 N–H and O–H groups in total. The number of thioether (sulfide) groups is 1. The van der Waals surface area contributed by atoms with Gasteiger partial charge in [-0.2, -0.15) is 5.10 Å². The molecule has 4 rings (SSSR count). The molecule has 0 aliphatic carbocycles. The van der Waals surface area contributed by atoms with Crippen molar-refractivity contribution in [3.8, 4) is 28.6 Å². The van der Waals surface area contributed by atoms with Gasteiger partial charge in [0.05, 0.1) is 22.1 Å². The molecule has 37 heavy (non-hydrogen) atoms. The second-order valence-corrected chi connectivity index (χ2v) is 11.3. The van der Waals surface area contributed by atoms with E-state index in [9.17, 15) is 9.90 Å². The number of ether oxygens (including phenoxy) is 1. The molecule has 8 nitrogen and oxygen atoms in total. The van der Waals surface area contributed by atoms with Crippen LogP contribution in [0.4, 0.5) is 0 Å². The number of halogens is 3. The first-order valence-corrected chi connectivity index (χ1v) is 14.4. The number of amides is 1. The molecule has 3 aromatic carbocycles. The number of aromatic nitrogens is 3. The smallest absolute Gasteiger partial charge is 0.250 e. The maximum absolute atomic E-state index is 12.5. The van der Waals surface area contributed by atoms with Crippen LogP contribution in [-0.2, 0) is 4.79 Å². The van der Waals surface area contributed by atoms with Crippen LogP contribution in [0.2, 0.25) is 5.02 Å². The van der Waals surface area contributed by atoms with Gasteiger partial charge in [0.15, 0.2) is 11.0 Å². The molecule has 1 amide bonds. The third-order valence-corrected chi connectivity index (χ3v) is 7.55. The van der Waals surface area contributed by atoms with Crippen molar-refractivity contribution in [3.05, 3.63) is 78.4 Å². The maximum atomic E-state index is 12.5. The molecule has 0 radical (unpaired) electrons. The zero-order valence-corrected chi connectivity index (χ0v) is 25.2. The molecule has 4 aromatic rings. The molecule has 0 unspecified atom stereocenters. The first-order chi connectivity index (χ1) is 17.9. The first-order valence-electron chi connectivity index (χ1n) is 10.9. The molecule has 0 fully saturated rings. The second kappa shape index (κ2) is 12.9. The molecule has 0 bridgehead atoms. The van der Waals surface area contributed by atoms with Crippen LogP contribution in [0.1, 0.15) is 12.5 Å². The summed E-state index contributed by atoms with van der Waals surface area (Å²) in [5, 5.41) is 24.1. The Morgan fingerprint density at radius 2 is 1.89 bits per heavy atom. The van der Waals surface area contributed by atoms with E-state index in [1.807, 2.05) is 76.5 Å². The zero-order chi connectivity index (χ0) is 26.4. The van der Waals surface area contributed by atoms with E-state index < -0.39 is 0 Å². The van der Waals surface area contributed by atoms with Crippen molar-refractivity contribution in [1.29, 1.82) is 0 Å². The van der Waals surface area contributed by atoms with Gasteiger partial charge in [0, 0.05) is 25.4 Å². The van der Waals surface area contributed by atoms with Crippen LogP contribution in [0.15, 0.2) is 70.9 Å². The highest BCUT2D eigenvalue weighted by molar-refractivity contribution is 14.1. The molecule has 0 saturated carbocycles. The van der Waals surface area contributed by atoms with Crippen LogP contribution in [-0.4, -0.2) is 44.4 Å². The number of phenols is 1. The van der Waals surface area contributed by atoms with Crippen LogP contribution in [0.3, 0.4) is 0 Å². The molecule has 0 aliphatic rings. The fourth-order valence-corrected chi connectivity index (χ4v) is 6.02. The molecule has 1 heterocycles. The largest absolute Gasteiger partial charge is 0.506 e. The van der Waals surface area contributed by atoms with Crippen molar-refractivity contribution in [2.45, 2.75) is 12.1 Å². The van der Waals surface area contributed by atoms with Gasteiger partial charge in [0.25, 0.3) is 5.91 Å². The highest BCUT2D eigenvalue weighted by atomic mass is 127. The Kier molecular flexibility index (Phi) is 9.67. The highest BCUT2D eigenvalue weighted by Gasteiger charge is 2.17. The lowest BCUT2D eigenvalue weighted by Crippen LogP contribution is -2.20. The summed E-state index contributed by atoms with van der Waals surface area (Å²) in [4.78, 5) is 12.5. The van der Waals surface area contributed by atoms with Crippen molar-refractivity contribution >= 4 is 80.7 Å². The Hall–Kier alpha value is -2.36. The molecule has 12 heteroatoms. The van der Waals surface area contributed by atoms with E-state index in [1.165, 1.54) is 18.0 Å². The van der Waals surface area contributed by atoms with Crippen LogP contribution >= 0.6 is 68.5 Å². The van der Waals surface area contributed by atoms with E-state index >= 15 is 0 Å². The van der Waals surface area contributed by atoms with Crippen molar-refractivity contribution in [2.24, 2.45) is 5.10 Å². The fourth-order valence-electron chi connectivity index (χ4n) is 3.26. The minimum atomic E-state index is -0.324. The minimum Gasteiger partial charge on any atom is -0.506 e. The molecule has 0 atom stereocenters.